The lowest BCUT2D eigenvalue weighted by atomic mass is 10.1. The van der Waals surface area contributed by atoms with Crippen LogP contribution in [0.25, 0.3) is 5.69 Å². The van der Waals surface area contributed by atoms with Gasteiger partial charge in [-0.05, 0) is 48.5 Å². The summed E-state index contributed by atoms with van der Waals surface area (Å²) in [6.07, 6.45) is 4.91. The maximum Gasteiger partial charge on any atom is 0.253 e. The third-order valence-corrected chi connectivity index (χ3v) is 4.93. The van der Waals surface area contributed by atoms with Crippen molar-refractivity contribution in [3.05, 3.63) is 84.2 Å². The van der Waals surface area contributed by atoms with Crippen LogP contribution in [-0.4, -0.2) is 34.6 Å². The van der Waals surface area contributed by atoms with Crippen LogP contribution >= 0.6 is 0 Å². The number of carbonyl (C=O) groups excluding carboxylic acids is 1. The van der Waals surface area contributed by atoms with Gasteiger partial charge in [0.15, 0.2) is 11.6 Å². The number of halogens is 2. The van der Waals surface area contributed by atoms with E-state index in [-0.39, 0.29) is 17.8 Å². The Bertz CT molecular complexity index is 947. The highest BCUT2D eigenvalue weighted by Gasteiger charge is 2.25. The summed E-state index contributed by atoms with van der Waals surface area (Å²) in [7, 11) is 0. The Morgan fingerprint density at radius 3 is 2.29 bits per heavy atom. The van der Waals surface area contributed by atoms with Crippen molar-refractivity contribution in [1.29, 1.82) is 0 Å². The summed E-state index contributed by atoms with van der Waals surface area (Å²) in [5.41, 5.74) is 1.63. The fraction of sp³-hybridized carbons (Fsp3) is 0.227. The Morgan fingerprint density at radius 1 is 0.964 bits per heavy atom. The van der Waals surface area contributed by atoms with Crippen LogP contribution in [0.2, 0.25) is 0 Å². The molecule has 0 atom stereocenters. The maximum atomic E-state index is 13.7. The number of benzene rings is 2. The van der Waals surface area contributed by atoms with E-state index in [1.165, 1.54) is 12.1 Å². The number of piperidine rings is 1. The van der Waals surface area contributed by atoms with E-state index in [9.17, 15) is 13.6 Å². The molecule has 28 heavy (non-hydrogen) atoms. The number of aromatic nitrogens is 1. The minimum atomic E-state index is -0.707. The van der Waals surface area contributed by atoms with Crippen molar-refractivity contribution < 1.29 is 18.3 Å². The van der Waals surface area contributed by atoms with Crippen molar-refractivity contribution >= 4 is 5.91 Å². The van der Waals surface area contributed by atoms with Crippen molar-refractivity contribution in [2.24, 2.45) is 0 Å². The molecular formula is C22H20F2N2O2. The maximum absolute atomic E-state index is 13.7. The monoisotopic (exact) mass is 382 g/mol. The van der Waals surface area contributed by atoms with Crippen molar-refractivity contribution in [2.45, 2.75) is 18.9 Å². The molecule has 6 heteroatoms. The Kier molecular flexibility index (Phi) is 5.10. The Balaban J connectivity index is 1.35. The number of rotatable bonds is 4. The predicted molar refractivity (Wildman–Crippen MR) is 102 cm³/mol. The van der Waals surface area contributed by atoms with Crippen molar-refractivity contribution in [1.82, 2.24) is 9.47 Å². The molecule has 1 aliphatic heterocycles. The van der Waals surface area contributed by atoms with Gasteiger partial charge in [0, 0.05) is 55.6 Å². The number of hydrogen-bond donors (Lipinski definition) is 0. The predicted octanol–water partition coefficient (Wildman–Crippen LogP) is 4.44. The van der Waals surface area contributed by atoms with Gasteiger partial charge in [-0.3, -0.25) is 4.79 Å². The number of nitrogens with zero attached hydrogens (tertiary/aromatic N) is 2. The average molecular weight is 382 g/mol. The van der Waals surface area contributed by atoms with Gasteiger partial charge in [0.2, 0.25) is 0 Å². The standard InChI is InChI=1S/C22H20F2N2O2/c23-17-5-8-21(20(24)15-17)28-19-9-13-26(14-10-19)22(27)16-3-6-18(7-4-16)25-11-1-2-12-25/h1-8,11-12,15,19H,9-10,13-14H2. The van der Waals surface area contributed by atoms with Gasteiger partial charge in [-0.2, -0.15) is 0 Å². The fourth-order valence-electron chi connectivity index (χ4n) is 3.39. The van der Waals surface area contributed by atoms with E-state index >= 15 is 0 Å². The Labute approximate surface area is 162 Å². The van der Waals surface area contributed by atoms with E-state index in [0.717, 1.165) is 11.8 Å². The zero-order chi connectivity index (χ0) is 19.5. The molecule has 4 nitrogen and oxygen atoms in total. The van der Waals surface area contributed by atoms with Crippen LogP contribution in [-0.2, 0) is 0 Å². The lowest BCUT2D eigenvalue weighted by molar-refractivity contribution is 0.0588. The average Bonchev–Trinajstić information content (AvgIpc) is 3.25. The summed E-state index contributed by atoms with van der Waals surface area (Å²) in [6, 6.07) is 14.7. The first-order valence-corrected chi connectivity index (χ1v) is 9.24. The summed E-state index contributed by atoms with van der Waals surface area (Å²) in [6.45, 7) is 1.07. The third kappa shape index (κ3) is 3.91. The molecule has 0 spiro atoms. The normalized spacial score (nSPS) is 14.9. The van der Waals surface area contributed by atoms with Gasteiger partial charge < -0.3 is 14.2 Å². The summed E-state index contributed by atoms with van der Waals surface area (Å²) in [4.78, 5) is 14.5. The van der Waals surface area contributed by atoms with E-state index < -0.39 is 11.6 Å². The largest absolute Gasteiger partial charge is 0.487 e. The molecule has 1 amide bonds. The molecule has 1 saturated heterocycles. The molecule has 3 aromatic rings. The smallest absolute Gasteiger partial charge is 0.253 e. The van der Waals surface area contributed by atoms with Gasteiger partial charge in [-0.25, -0.2) is 8.78 Å². The van der Waals surface area contributed by atoms with E-state index in [4.69, 9.17) is 4.74 Å². The first kappa shape index (κ1) is 18.2. The van der Waals surface area contributed by atoms with Gasteiger partial charge in [0.1, 0.15) is 11.9 Å². The molecule has 0 radical (unpaired) electrons. The van der Waals surface area contributed by atoms with Crippen LogP contribution in [0.3, 0.4) is 0 Å². The number of hydrogen-bond acceptors (Lipinski definition) is 2. The third-order valence-electron chi connectivity index (χ3n) is 4.93. The second-order valence-corrected chi connectivity index (χ2v) is 6.82. The molecule has 144 valence electrons. The topological polar surface area (TPSA) is 34.5 Å². The summed E-state index contributed by atoms with van der Waals surface area (Å²) in [5, 5.41) is 0. The number of carbonyl (C=O) groups is 1. The SMILES string of the molecule is O=C(c1ccc(-n2cccc2)cc1)N1CCC(Oc2ccc(F)cc2F)CC1. The van der Waals surface area contributed by atoms with Crippen LogP contribution in [0.4, 0.5) is 8.78 Å². The highest BCUT2D eigenvalue weighted by molar-refractivity contribution is 5.94. The molecule has 2 heterocycles. The minimum Gasteiger partial charge on any atom is -0.487 e. The molecule has 1 aromatic heterocycles. The van der Waals surface area contributed by atoms with Crippen LogP contribution in [0.5, 0.6) is 5.75 Å². The highest BCUT2D eigenvalue weighted by Crippen LogP contribution is 2.23. The molecule has 2 aromatic carbocycles. The molecular weight excluding hydrogens is 362 g/mol. The van der Waals surface area contributed by atoms with Gasteiger partial charge >= 0.3 is 0 Å². The molecule has 0 N–H and O–H groups in total. The first-order chi connectivity index (χ1) is 13.6. The number of likely N-dealkylation sites (tertiary alicyclic amines) is 1. The first-order valence-electron chi connectivity index (χ1n) is 9.24. The van der Waals surface area contributed by atoms with E-state index in [2.05, 4.69) is 0 Å². The summed E-state index contributed by atoms with van der Waals surface area (Å²) < 4.78 is 34.4. The van der Waals surface area contributed by atoms with Crippen LogP contribution in [0.1, 0.15) is 23.2 Å². The van der Waals surface area contributed by atoms with Gasteiger partial charge in [0.25, 0.3) is 5.91 Å². The zero-order valence-corrected chi connectivity index (χ0v) is 15.2. The molecule has 0 saturated carbocycles. The molecule has 0 bridgehead atoms. The van der Waals surface area contributed by atoms with Crippen LogP contribution in [0, 0.1) is 11.6 Å². The van der Waals surface area contributed by atoms with Crippen molar-refractivity contribution in [2.75, 3.05) is 13.1 Å². The quantitative estimate of drug-likeness (QED) is 0.669. The van der Waals surface area contributed by atoms with Crippen LogP contribution < -0.4 is 4.74 Å². The minimum absolute atomic E-state index is 0.0227. The molecule has 0 unspecified atom stereocenters. The Morgan fingerprint density at radius 2 is 1.64 bits per heavy atom. The van der Waals surface area contributed by atoms with E-state index in [0.29, 0.717) is 31.5 Å². The van der Waals surface area contributed by atoms with Gasteiger partial charge in [0.05, 0.1) is 0 Å². The second-order valence-electron chi connectivity index (χ2n) is 6.82. The zero-order valence-electron chi connectivity index (χ0n) is 15.2. The Hall–Kier alpha value is -3.15. The second kappa shape index (κ2) is 7.84. The summed E-state index contributed by atoms with van der Waals surface area (Å²) >= 11 is 0. The highest BCUT2D eigenvalue weighted by atomic mass is 19.1. The summed E-state index contributed by atoms with van der Waals surface area (Å²) in [5.74, 6) is -1.31. The number of amides is 1. The van der Waals surface area contributed by atoms with Crippen molar-refractivity contribution in [3.8, 4) is 11.4 Å². The number of ether oxygens (including phenoxy) is 1. The molecule has 0 aliphatic carbocycles. The van der Waals surface area contributed by atoms with E-state index in [1.807, 2.05) is 53.4 Å². The molecule has 4 rings (SSSR count). The molecule has 1 fully saturated rings. The van der Waals surface area contributed by atoms with Gasteiger partial charge in [-0.1, -0.05) is 0 Å². The molecule has 1 aliphatic rings. The van der Waals surface area contributed by atoms with E-state index in [1.54, 1.807) is 4.90 Å². The lowest BCUT2D eigenvalue weighted by Gasteiger charge is -2.32. The van der Waals surface area contributed by atoms with Crippen LogP contribution in [0.15, 0.2) is 67.0 Å². The van der Waals surface area contributed by atoms with Crippen molar-refractivity contribution in [3.63, 3.8) is 0 Å². The fourth-order valence-corrected chi connectivity index (χ4v) is 3.39. The van der Waals surface area contributed by atoms with Gasteiger partial charge in [-0.15, -0.1) is 0 Å². The lowest BCUT2D eigenvalue weighted by Crippen LogP contribution is -2.41.